The van der Waals surface area contributed by atoms with Gasteiger partial charge in [0.05, 0.1) is 18.3 Å². The highest BCUT2D eigenvalue weighted by atomic mass is 16.2. The predicted octanol–water partition coefficient (Wildman–Crippen LogP) is 2.33. The molecule has 3 heterocycles. The van der Waals surface area contributed by atoms with Crippen molar-refractivity contribution in [2.45, 2.75) is 39.2 Å². The summed E-state index contributed by atoms with van der Waals surface area (Å²) in [7, 11) is 0. The molecule has 7 heteroatoms. The summed E-state index contributed by atoms with van der Waals surface area (Å²) in [6.45, 7) is 4.33. The number of H-pyrrole nitrogens is 1. The molecule has 0 spiro atoms. The van der Waals surface area contributed by atoms with Crippen LogP contribution < -0.4 is 0 Å². The van der Waals surface area contributed by atoms with Crippen LogP contribution in [-0.4, -0.2) is 49.1 Å². The van der Waals surface area contributed by atoms with Crippen LogP contribution in [0.3, 0.4) is 0 Å². The summed E-state index contributed by atoms with van der Waals surface area (Å²) in [5, 5.41) is 15.5. The van der Waals surface area contributed by atoms with Crippen molar-refractivity contribution in [1.82, 2.24) is 30.1 Å². The molecule has 2 aromatic heterocycles. The Morgan fingerprint density at radius 3 is 3.08 bits per heavy atom. The van der Waals surface area contributed by atoms with E-state index in [2.05, 4.69) is 27.4 Å². The Balaban J connectivity index is 1.34. The van der Waals surface area contributed by atoms with Crippen molar-refractivity contribution in [2.24, 2.45) is 5.92 Å². The first-order chi connectivity index (χ1) is 12.7. The van der Waals surface area contributed by atoms with E-state index in [1.165, 1.54) is 11.3 Å². The zero-order valence-corrected chi connectivity index (χ0v) is 15.1. The molecule has 136 valence electrons. The van der Waals surface area contributed by atoms with Gasteiger partial charge in [-0.2, -0.15) is 5.10 Å². The molecule has 0 bridgehead atoms. The number of nitrogens with zero attached hydrogens (tertiary/aromatic N) is 5. The maximum absolute atomic E-state index is 12.7. The lowest BCUT2D eigenvalue weighted by Gasteiger charge is -2.33. The van der Waals surface area contributed by atoms with Crippen molar-refractivity contribution in [2.75, 3.05) is 13.1 Å². The van der Waals surface area contributed by atoms with Crippen LogP contribution in [0, 0.1) is 12.8 Å². The van der Waals surface area contributed by atoms with E-state index in [1.807, 2.05) is 40.0 Å². The number of likely N-dealkylation sites (tertiary alicyclic amines) is 1. The fourth-order valence-corrected chi connectivity index (χ4v) is 3.77. The van der Waals surface area contributed by atoms with Gasteiger partial charge in [0.2, 0.25) is 5.91 Å². The van der Waals surface area contributed by atoms with Crippen LogP contribution in [0.4, 0.5) is 0 Å². The molecule has 0 saturated carbocycles. The van der Waals surface area contributed by atoms with Crippen molar-refractivity contribution >= 4 is 16.9 Å². The zero-order valence-electron chi connectivity index (χ0n) is 15.1. The first kappa shape index (κ1) is 16.8. The minimum Gasteiger partial charge on any atom is -0.342 e. The molecule has 1 N–H and O–H groups in total. The van der Waals surface area contributed by atoms with Crippen LogP contribution in [0.5, 0.6) is 0 Å². The number of carbonyl (C=O) groups excluding carboxylic acids is 1. The summed E-state index contributed by atoms with van der Waals surface area (Å²) in [4.78, 5) is 14.7. The van der Waals surface area contributed by atoms with Crippen LogP contribution in [-0.2, 0) is 17.8 Å². The quantitative estimate of drug-likeness (QED) is 0.764. The highest BCUT2D eigenvalue weighted by Gasteiger charge is 2.24. The van der Waals surface area contributed by atoms with E-state index in [4.69, 9.17) is 0 Å². The second kappa shape index (κ2) is 7.27. The van der Waals surface area contributed by atoms with Gasteiger partial charge in [0.25, 0.3) is 0 Å². The number of piperidine rings is 1. The Bertz CT molecular complexity index is 898. The second-order valence-electron chi connectivity index (χ2n) is 7.13. The topological polar surface area (TPSA) is 79.7 Å². The van der Waals surface area contributed by atoms with Crippen molar-refractivity contribution in [3.05, 3.63) is 41.7 Å². The maximum atomic E-state index is 12.7. The Morgan fingerprint density at radius 1 is 1.35 bits per heavy atom. The molecule has 3 aromatic rings. The van der Waals surface area contributed by atoms with Crippen LogP contribution in [0.2, 0.25) is 0 Å². The number of amides is 1. The number of rotatable bonds is 5. The molecule has 0 radical (unpaired) electrons. The van der Waals surface area contributed by atoms with Gasteiger partial charge < -0.3 is 4.90 Å². The van der Waals surface area contributed by atoms with Gasteiger partial charge in [-0.15, -0.1) is 5.10 Å². The average Bonchev–Trinajstić information content (AvgIpc) is 3.26. The van der Waals surface area contributed by atoms with Gasteiger partial charge in [0.15, 0.2) is 0 Å². The summed E-state index contributed by atoms with van der Waals surface area (Å²) in [5.41, 5.74) is 4.24. The first-order valence-electron chi connectivity index (χ1n) is 9.25. The Morgan fingerprint density at radius 2 is 2.23 bits per heavy atom. The number of aromatic amines is 1. The maximum Gasteiger partial charge on any atom is 0.224 e. The highest BCUT2D eigenvalue weighted by molar-refractivity contribution is 5.77. The molecular weight excluding hydrogens is 328 g/mol. The number of nitrogens with one attached hydrogen (secondary N) is 1. The molecule has 7 nitrogen and oxygen atoms in total. The number of aromatic nitrogens is 5. The van der Waals surface area contributed by atoms with Gasteiger partial charge >= 0.3 is 0 Å². The van der Waals surface area contributed by atoms with Crippen molar-refractivity contribution in [3.63, 3.8) is 0 Å². The molecule has 1 fully saturated rings. The largest absolute Gasteiger partial charge is 0.342 e. The van der Waals surface area contributed by atoms with Crippen LogP contribution in [0.15, 0.2) is 30.5 Å². The fraction of sp³-hybridized carbons (Fsp3) is 0.474. The van der Waals surface area contributed by atoms with E-state index < -0.39 is 0 Å². The summed E-state index contributed by atoms with van der Waals surface area (Å²) in [6.07, 6.45) is 5.52. The molecule has 1 aromatic carbocycles. The Hall–Kier alpha value is -2.70. The molecule has 1 unspecified atom stereocenters. The number of benzene rings is 1. The number of para-hydroxylation sites is 1. The standard InChI is InChI=1S/C19H24N6O/c1-14-12-20-21-17(14)11-15-5-4-9-24(13-15)19(26)8-10-25-18-7-3-2-6-16(18)22-23-25/h2-3,6-7,12,15H,4-5,8-11,13H2,1H3,(H,20,21). The molecule has 26 heavy (non-hydrogen) atoms. The molecule has 4 rings (SSSR count). The van der Waals surface area contributed by atoms with Gasteiger partial charge in [0, 0.05) is 25.2 Å². The van der Waals surface area contributed by atoms with Crippen molar-refractivity contribution in [3.8, 4) is 0 Å². The lowest BCUT2D eigenvalue weighted by atomic mass is 9.92. The molecule has 1 saturated heterocycles. The van der Waals surface area contributed by atoms with Gasteiger partial charge in [-0.1, -0.05) is 17.3 Å². The zero-order chi connectivity index (χ0) is 17.9. The van der Waals surface area contributed by atoms with Gasteiger partial charge in [0.1, 0.15) is 5.52 Å². The van der Waals surface area contributed by atoms with E-state index >= 15 is 0 Å². The second-order valence-corrected chi connectivity index (χ2v) is 7.13. The molecule has 1 aliphatic rings. The normalized spacial score (nSPS) is 17.7. The lowest BCUT2D eigenvalue weighted by molar-refractivity contribution is -0.133. The number of hydrogen-bond donors (Lipinski definition) is 1. The highest BCUT2D eigenvalue weighted by Crippen LogP contribution is 2.22. The molecule has 1 aliphatic heterocycles. The van der Waals surface area contributed by atoms with Crippen molar-refractivity contribution < 1.29 is 4.79 Å². The molecule has 1 amide bonds. The summed E-state index contributed by atoms with van der Waals surface area (Å²) >= 11 is 0. The smallest absolute Gasteiger partial charge is 0.224 e. The summed E-state index contributed by atoms with van der Waals surface area (Å²) < 4.78 is 1.82. The van der Waals surface area contributed by atoms with Crippen LogP contribution >= 0.6 is 0 Å². The Kier molecular flexibility index (Phi) is 4.69. The minimum absolute atomic E-state index is 0.204. The lowest BCUT2D eigenvalue weighted by Crippen LogP contribution is -2.40. The van der Waals surface area contributed by atoms with Gasteiger partial charge in [-0.3, -0.25) is 9.89 Å². The number of fused-ring (bicyclic) bond motifs is 1. The minimum atomic E-state index is 0.204. The van der Waals surface area contributed by atoms with Gasteiger partial charge in [-0.25, -0.2) is 4.68 Å². The Labute approximate surface area is 152 Å². The van der Waals surface area contributed by atoms with E-state index in [9.17, 15) is 4.79 Å². The van der Waals surface area contributed by atoms with E-state index in [0.29, 0.717) is 18.9 Å². The SMILES string of the molecule is Cc1cn[nH]c1CC1CCCN(C(=O)CCn2nnc3ccccc32)C1. The van der Waals surface area contributed by atoms with Crippen LogP contribution in [0.1, 0.15) is 30.5 Å². The summed E-state index contributed by atoms with van der Waals surface area (Å²) in [5.74, 6) is 0.703. The number of aryl methyl sites for hydroxylation is 2. The van der Waals surface area contributed by atoms with Gasteiger partial charge in [-0.05, 0) is 49.8 Å². The monoisotopic (exact) mass is 352 g/mol. The fourth-order valence-electron chi connectivity index (χ4n) is 3.77. The third-order valence-corrected chi connectivity index (χ3v) is 5.26. The number of hydrogen-bond acceptors (Lipinski definition) is 4. The summed E-state index contributed by atoms with van der Waals surface area (Å²) in [6, 6.07) is 7.84. The van der Waals surface area contributed by atoms with Crippen LogP contribution in [0.25, 0.3) is 11.0 Å². The molecule has 0 aliphatic carbocycles. The van der Waals surface area contributed by atoms with E-state index in [1.54, 1.807) is 0 Å². The third kappa shape index (κ3) is 3.47. The third-order valence-electron chi connectivity index (χ3n) is 5.26. The average molecular weight is 352 g/mol. The first-order valence-corrected chi connectivity index (χ1v) is 9.25. The molecular formula is C19H24N6O. The van der Waals surface area contributed by atoms with Crippen molar-refractivity contribution in [1.29, 1.82) is 0 Å². The van der Waals surface area contributed by atoms with E-state index in [-0.39, 0.29) is 5.91 Å². The predicted molar refractivity (Wildman–Crippen MR) is 98.5 cm³/mol. The van der Waals surface area contributed by atoms with E-state index in [0.717, 1.165) is 43.4 Å². The number of carbonyl (C=O) groups is 1. The molecule has 1 atom stereocenters.